The Morgan fingerprint density at radius 1 is 1.41 bits per heavy atom. The maximum Gasteiger partial charge on any atom is 0.273 e. The van der Waals surface area contributed by atoms with Crippen LogP contribution in [-0.2, 0) is 0 Å². The summed E-state index contributed by atoms with van der Waals surface area (Å²) in [6, 6.07) is 4.54. The van der Waals surface area contributed by atoms with E-state index in [-0.39, 0.29) is 5.69 Å². The van der Waals surface area contributed by atoms with Gasteiger partial charge in [-0.25, -0.2) is 4.98 Å². The second-order valence-electron chi connectivity index (χ2n) is 3.57. The Morgan fingerprint density at radius 2 is 2.12 bits per heavy atom. The van der Waals surface area contributed by atoms with Gasteiger partial charge in [0.25, 0.3) is 5.69 Å². The van der Waals surface area contributed by atoms with Crippen LogP contribution in [0, 0.1) is 17.0 Å². The lowest BCUT2D eigenvalue weighted by Gasteiger charge is -2.06. The van der Waals surface area contributed by atoms with Crippen molar-refractivity contribution in [3.05, 3.63) is 39.0 Å². The van der Waals surface area contributed by atoms with Crippen LogP contribution < -0.4 is 4.74 Å². The summed E-state index contributed by atoms with van der Waals surface area (Å²) < 4.78 is 5.09. The van der Waals surface area contributed by atoms with E-state index in [0.717, 1.165) is 5.56 Å². The van der Waals surface area contributed by atoms with Crippen LogP contribution in [0.2, 0.25) is 5.15 Å². The van der Waals surface area contributed by atoms with Crippen molar-refractivity contribution in [1.29, 1.82) is 0 Å². The van der Waals surface area contributed by atoms with Crippen molar-refractivity contribution in [3.63, 3.8) is 0 Å². The molecule has 0 saturated heterocycles. The Bertz CT molecular complexity index is 613. The minimum absolute atomic E-state index is 0.0297. The molecule has 0 aliphatic heterocycles. The zero-order valence-electron chi connectivity index (χ0n) is 9.23. The molecule has 0 aliphatic carbocycles. The minimum Gasteiger partial charge on any atom is -0.494 e. The van der Waals surface area contributed by atoms with E-state index in [9.17, 15) is 10.1 Å². The lowest BCUT2D eigenvalue weighted by molar-refractivity contribution is -0.384. The van der Waals surface area contributed by atoms with Crippen LogP contribution in [0.4, 0.5) is 5.69 Å². The summed E-state index contributed by atoms with van der Waals surface area (Å²) in [7, 11) is 1.44. The SMILES string of the molecule is COc1cc([N+](=O)[O-])cc2cc(C)c(Cl)nc12. The normalized spacial score (nSPS) is 10.5. The zero-order valence-corrected chi connectivity index (χ0v) is 9.99. The summed E-state index contributed by atoms with van der Waals surface area (Å²) in [5.74, 6) is 0.344. The number of ether oxygens (including phenoxy) is 1. The molecule has 0 aliphatic rings. The number of benzene rings is 1. The first-order valence-corrected chi connectivity index (χ1v) is 5.20. The number of methoxy groups -OCH3 is 1. The molecule has 0 radical (unpaired) electrons. The maximum absolute atomic E-state index is 10.8. The summed E-state index contributed by atoms with van der Waals surface area (Å²) in [5.41, 5.74) is 1.26. The van der Waals surface area contributed by atoms with Gasteiger partial charge in [-0.15, -0.1) is 0 Å². The van der Waals surface area contributed by atoms with Crippen molar-refractivity contribution in [2.45, 2.75) is 6.92 Å². The third-order valence-corrected chi connectivity index (χ3v) is 2.81. The van der Waals surface area contributed by atoms with Crippen molar-refractivity contribution in [1.82, 2.24) is 4.98 Å². The van der Waals surface area contributed by atoms with Crippen LogP contribution in [0.5, 0.6) is 5.75 Å². The van der Waals surface area contributed by atoms with Gasteiger partial charge in [0.15, 0.2) is 5.75 Å². The van der Waals surface area contributed by atoms with E-state index in [1.807, 2.05) is 0 Å². The van der Waals surface area contributed by atoms with Gasteiger partial charge in [0.05, 0.1) is 18.1 Å². The molecule has 0 atom stereocenters. The Labute approximate surface area is 102 Å². The molecule has 0 bridgehead atoms. The Balaban J connectivity index is 2.82. The van der Waals surface area contributed by atoms with E-state index in [2.05, 4.69) is 4.98 Å². The molecule has 2 rings (SSSR count). The minimum atomic E-state index is -0.466. The maximum atomic E-state index is 10.8. The van der Waals surface area contributed by atoms with E-state index >= 15 is 0 Å². The second-order valence-corrected chi connectivity index (χ2v) is 3.93. The Hall–Kier alpha value is -1.88. The van der Waals surface area contributed by atoms with Crippen LogP contribution in [0.25, 0.3) is 10.9 Å². The highest BCUT2D eigenvalue weighted by atomic mass is 35.5. The molecule has 0 fully saturated rings. The first-order valence-electron chi connectivity index (χ1n) is 4.82. The van der Waals surface area contributed by atoms with Crippen LogP contribution in [0.3, 0.4) is 0 Å². The quantitative estimate of drug-likeness (QED) is 0.468. The molecule has 0 unspecified atom stereocenters. The summed E-state index contributed by atoms with van der Waals surface area (Å²) in [6.45, 7) is 1.79. The lowest BCUT2D eigenvalue weighted by atomic mass is 10.1. The number of pyridine rings is 1. The number of rotatable bonds is 2. The van der Waals surface area contributed by atoms with Gasteiger partial charge in [0.2, 0.25) is 0 Å². The van der Waals surface area contributed by atoms with Crippen LogP contribution in [0.15, 0.2) is 18.2 Å². The zero-order chi connectivity index (χ0) is 12.6. The number of nitro groups is 1. The fourth-order valence-electron chi connectivity index (χ4n) is 1.58. The highest BCUT2D eigenvalue weighted by Crippen LogP contribution is 2.31. The van der Waals surface area contributed by atoms with Gasteiger partial charge in [0, 0.05) is 11.5 Å². The Morgan fingerprint density at radius 3 is 2.71 bits per heavy atom. The van der Waals surface area contributed by atoms with Crippen molar-refractivity contribution in [2.24, 2.45) is 0 Å². The van der Waals surface area contributed by atoms with Crippen molar-refractivity contribution < 1.29 is 9.66 Å². The molecule has 0 spiro atoms. The van der Waals surface area contributed by atoms with Crippen molar-refractivity contribution in [3.8, 4) is 5.75 Å². The number of non-ortho nitro benzene ring substituents is 1. The van der Waals surface area contributed by atoms with Gasteiger partial charge >= 0.3 is 0 Å². The number of fused-ring (bicyclic) bond motifs is 1. The predicted octanol–water partition coefficient (Wildman–Crippen LogP) is 3.11. The number of hydrogen-bond donors (Lipinski definition) is 0. The van der Waals surface area contributed by atoms with Crippen LogP contribution in [0.1, 0.15) is 5.56 Å². The average Bonchev–Trinajstić information content (AvgIpc) is 2.29. The molecule has 1 heterocycles. The molecule has 2 aromatic rings. The van der Waals surface area contributed by atoms with Crippen LogP contribution in [-0.4, -0.2) is 17.0 Å². The number of nitro benzene ring substituents is 1. The number of nitrogens with zero attached hydrogens (tertiary/aromatic N) is 2. The van der Waals surface area contributed by atoms with Crippen molar-refractivity contribution >= 4 is 28.2 Å². The van der Waals surface area contributed by atoms with Crippen LogP contribution >= 0.6 is 11.6 Å². The molecule has 5 nitrogen and oxygen atoms in total. The fraction of sp³-hybridized carbons (Fsp3) is 0.182. The first kappa shape index (κ1) is 11.6. The standard InChI is InChI=1S/C11H9ClN2O3/c1-6-3-7-4-8(14(15)16)5-9(17-2)10(7)13-11(6)12/h3-5H,1-2H3. The monoisotopic (exact) mass is 252 g/mol. The summed E-state index contributed by atoms with van der Waals surface area (Å²) in [6.07, 6.45) is 0. The summed E-state index contributed by atoms with van der Waals surface area (Å²) in [4.78, 5) is 14.5. The van der Waals surface area contributed by atoms with Gasteiger partial charge in [-0.2, -0.15) is 0 Å². The van der Waals surface area contributed by atoms with Crippen molar-refractivity contribution in [2.75, 3.05) is 7.11 Å². The lowest BCUT2D eigenvalue weighted by Crippen LogP contribution is -1.94. The first-order chi connectivity index (χ1) is 8.02. The number of aryl methyl sites for hydroxylation is 1. The molecule has 0 amide bonds. The van der Waals surface area contributed by atoms with Gasteiger partial charge in [-0.3, -0.25) is 10.1 Å². The third-order valence-electron chi connectivity index (χ3n) is 2.43. The molecule has 1 aromatic carbocycles. The molecular formula is C11H9ClN2O3. The second kappa shape index (κ2) is 4.18. The van der Waals surface area contributed by atoms with Gasteiger partial charge in [-0.1, -0.05) is 11.6 Å². The van der Waals surface area contributed by atoms with E-state index < -0.39 is 4.92 Å². The summed E-state index contributed by atoms with van der Waals surface area (Å²) >= 11 is 5.92. The smallest absolute Gasteiger partial charge is 0.273 e. The number of halogens is 1. The molecule has 0 saturated carbocycles. The van der Waals surface area contributed by atoms with E-state index in [0.29, 0.717) is 21.8 Å². The van der Waals surface area contributed by atoms with Gasteiger partial charge in [0.1, 0.15) is 10.7 Å². The molecule has 6 heteroatoms. The summed E-state index contributed by atoms with van der Waals surface area (Å²) in [5, 5.41) is 11.8. The largest absolute Gasteiger partial charge is 0.494 e. The topological polar surface area (TPSA) is 65.3 Å². The van der Waals surface area contributed by atoms with Gasteiger partial charge < -0.3 is 4.74 Å². The van der Waals surface area contributed by atoms with E-state index in [1.54, 1.807) is 13.0 Å². The number of hydrogen-bond acceptors (Lipinski definition) is 4. The van der Waals surface area contributed by atoms with E-state index in [4.69, 9.17) is 16.3 Å². The third kappa shape index (κ3) is 2.01. The fourth-order valence-corrected chi connectivity index (χ4v) is 1.72. The molecule has 1 aromatic heterocycles. The predicted molar refractivity (Wildman–Crippen MR) is 64.7 cm³/mol. The molecule has 17 heavy (non-hydrogen) atoms. The highest BCUT2D eigenvalue weighted by Gasteiger charge is 2.14. The molecular weight excluding hydrogens is 244 g/mol. The van der Waals surface area contributed by atoms with E-state index in [1.165, 1.54) is 19.2 Å². The Kier molecular flexibility index (Phi) is 2.85. The highest BCUT2D eigenvalue weighted by molar-refractivity contribution is 6.30. The molecule has 0 N–H and O–H groups in total. The molecule has 88 valence electrons. The van der Waals surface area contributed by atoms with Gasteiger partial charge in [-0.05, 0) is 18.6 Å². The average molecular weight is 253 g/mol. The number of aromatic nitrogens is 1.